The molecule has 4 aromatic rings. The molecule has 0 spiro atoms. The minimum Gasteiger partial charge on any atom is -0.508 e. The van der Waals surface area contributed by atoms with E-state index in [4.69, 9.17) is 4.42 Å². The molecule has 0 bridgehead atoms. The Balaban J connectivity index is 1.74. The van der Waals surface area contributed by atoms with Crippen molar-refractivity contribution < 1.29 is 19.1 Å². The van der Waals surface area contributed by atoms with Gasteiger partial charge < -0.3 is 9.52 Å². The molecule has 1 aliphatic rings. The van der Waals surface area contributed by atoms with Gasteiger partial charge in [-0.1, -0.05) is 30.3 Å². The van der Waals surface area contributed by atoms with Crippen LogP contribution in [-0.2, 0) is 6.54 Å². The van der Waals surface area contributed by atoms with Crippen LogP contribution in [0.1, 0.15) is 37.4 Å². The third-order valence-corrected chi connectivity index (χ3v) is 5.49. The summed E-state index contributed by atoms with van der Waals surface area (Å²) in [6, 6.07) is 14.4. The number of aryl methyl sites for hydroxylation is 2. The number of amides is 2. The van der Waals surface area contributed by atoms with Crippen LogP contribution < -0.4 is 0 Å². The summed E-state index contributed by atoms with van der Waals surface area (Å²) in [5, 5.41) is 11.4. The van der Waals surface area contributed by atoms with Crippen LogP contribution in [0.2, 0.25) is 0 Å². The van der Waals surface area contributed by atoms with Gasteiger partial charge in [0.15, 0.2) is 0 Å². The highest BCUT2D eigenvalue weighted by Crippen LogP contribution is 2.41. The first-order valence-electron chi connectivity index (χ1n) is 9.06. The Morgan fingerprint density at radius 2 is 1.61 bits per heavy atom. The SMILES string of the molecule is Cc1c2c(c(C)c3c1oc1cc(O)ccc13)C(=O)N(Cc1ccccc1)C2=O. The Morgan fingerprint density at radius 3 is 2.32 bits per heavy atom. The summed E-state index contributed by atoms with van der Waals surface area (Å²) in [6.07, 6.45) is 0. The molecule has 5 nitrogen and oxygen atoms in total. The minimum absolute atomic E-state index is 0.107. The predicted octanol–water partition coefficient (Wildman–Crippen LogP) is 4.70. The van der Waals surface area contributed by atoms with Gasteiger partial charge in [0, 0.05) is 22.4 Å². The van der Waals surface area contributed by atoms with E-state index in [1.807, 2.05) is 37.3 Å². The lowest BCUT2D eigenvalue weighted by atomic mass is 9.94. The van der Waals surface area contributed by atoms with Crippen molar-refractivity contribution in [2.75, 3.05) is 0 Å². The van der Waals surface area contributed by atoms with Crippen LogP contribution in [0.25, 0.3) is 21.9 Å². The quantitative estimate of drug-likeness (QED) is 0.518. The van der Waals surface area contributed by atoms with Crippen LogP contribution in [-0.4, -0.2) is 21.8 Å². The van der Waals surface area contributed by atoms with Gasteiger partial charge in [-0.3, -0.25) is 14.5 Å². The number of hydrogen-bond acceptors (Lipinski definition) is 4. The molecular weight excluding hydrogens is 354 g/mol. The molecule has 0 fully saturated rings. The third kappa shape index (κ3) is 2.13. The van der Waals surface area contributed by atoms with Crippen LogP contribution in [0.15, 0.2) is 52.9 Å². The van der Waals surface area contributed by atoms with Gasteiger partial charge in [-0.05, 0) is 37.1 Å². The van der Waals surface area contributed by atoms with Gasteiger partial charge in [0.2, 0.25) is 0 Å². The molecule has 0 unspecified atom stereocenters. The fourth-order valence-electron chi connectivity index (χ4n) is 4.14. The zero-order chi connectivity index (χ0) is 19.6. The highest BCUT2D eigenvalue weighted by Gasteiger charge is 2.40. The summed E-state index contributed by atoms with van der Waals surface area (Å²) >= 11 is 0. The largest absolute Gasteiger partial charge is 0.508 e. The van der Waals surface area contributed by atoms with Crippen molar-refractivity contribution in [3.63, 3.8) is 0 Å². The van der Waals surface area contributed by atoms with E-state index in [-0.39, 0.29) is 24.1 Å². The molecule has 2 heterocycles. The summed E-state index contributed by atoms with van der Waals surface area (Å²) in [5.41, 5.74) is 4.26. The first kappa shape index (κ1) is 16.6. The molecule has 0 atom stereocenters. The lowest BCUT2D eigenvalue weighted by molar-refractivity contribution is 0.0642. The summed E-state index contributed by atoms with van der Waals surface area (Å²) in [5.74, 6) is -0.468. The number of nitrogens with zero attached hydrogens (tertiary/aromatic N) is 1. The van der Waals surface area contributed by atoms with Crippen molar-refractivity contribution in [3.8, 4) is 5.75 Å². The number of carbonyl (C=O) groups is 2. The van der Waals surface area contributed by atoms with Crippen LogP contribution in [0.5, 0.6) is 5.75 Å². The van der Waals surface area contributed by atoms with Crippen molar-refractivity contribution in [1.29, 1.82) is 0 Å². The molecule has 3 aromatic carbocycles. The predicted molar refractivity (Wildman–Crippen MR) is 106 cm³/mol. The number of phenolic OH excluding ortho intramolecular Hbond substituents is 1. The zero-order valence-corrected chi connectivity index (χ0v) is 15.4. The van der Waals surface area contributed by atoms with Crippen molar-refractivity contribution in [2.45, 2.75) is 20.4 Å². The normalized spacial score (nSPS) is 13.7. The third-order valence-electron chi connectivity index (χ3n) is 5.49. The van der Waals surface area contributed by atoms with E-state index in [2.05, 4.69) is 0 Å². The second-order valence-corrected chi connectivity index (χ2v) is 7.17. The number of fused-ring (bicyclic) bond motifs is 4. The molecule has 1 aliphatic heterocycles. The molecule has 138 valence electrons. The molecule has 1 N–H and O–H groups in total. The van der Waals surface area contributed by atoms with E-state index in [1.54, 1.807) is 25.1 Å². The Kier molecular flexibility index (Phi) is 3.37. The smallest absolute Gasteiger partial charge is 0.262 e. The topological polar surface area (TPSA) is 70.8 Å². The number of benzene rings is 3. The van der Waals surface area contributed by atoms with E-state index in [0.717, 1.165) is 21.9 Å². The number of furan rings is 1. The first-order chi connectivity index (χ1) is 13.5. The number of rotatable bonds is 2. The monoisotopic (exact) mass is 371 g/mol. The summed E-state index contributed by atoms with van der Waals surface area (Å²) < 4.78 is 5.97. The number of carbonyl (C=O) groups excluding carboxylic acids is 2. The maximum absolute atomic E-state index is 13.2. The van der Waals surface area contributed by atoms with E-state index >= 15 is 0 Å². The molecule has 0 radical (unpaired) electrons. The number of imide groups is 1. The summed E-state index contributed by atoms with van der Waals surface area (Å²) in [7, 11) is 0. The Hall–Kier alpha value is -3.60. The lowest BCUT2D eigenvalue weighted by Gasteiger charge is -2.13. The highest BCUT2D eigenvalue weighted by molar-refractivity contribution is 6.26. The molecule has 1 aromatic heterocycles. The standard InChI is InChI=1S/C23H17NO4/c1-12-18-16-9-8-15(25)10-17(16)28-21(18)13(2)20-19(12)22(26)24(23(20)27)11-14-6-4-3-5-7-14/h3-10,25H,11H2,1-2H3. The number of phenols is 1. The van der Waals surface area contributed by atoms with Gasteiger partial charge in [0.25, 0.3) is 11.8 Å². The Morgan fingerprint density at radius 1 is 0.929 bits per heavy atom. The van der Waals surface area contributed by atoms with E-state index in [9.17, 15) is 14.7 Å². The second-order valence-electron chi connectivity index (χ2n) is 7.17. The maximum atomic E-state index is 13.2. The molecule has 0 saturated carbocycles. The summed E-state index contributed by atoms with van der Waals surface area (Å²) in [6.45, 7) is 3.89. The zero-order valence-electron chi connectivity index (χ0n) is 15.4. The highest BCUT2D eigenvalue weighted by atomic mass is 16.3. The van der Waals surface area contributed by atoms with Crippen molar-refractivity contribution in [3.05, 3.63) is 76.3 Å². The van der Waals surface area contributed by atoms with Crippen molar-refractivity contribution in [2.24, 2.45) is 0 Å². The van der Waals surface area contributed by atoms with Crippen molar-refractivity contribution in [1.82, 2.24) is 4.90 Å². The van der Waals surface area contributed by atoms with E-state index in [0.29, 0.717) is 27.9 Å². The van der Waals surface area contributed by atoms with E-state index in [1.165, 1.54) is 4.90 Å². The van der Waals surface area contributed by atoms with Crippen LogP contribution in [0.3, 0.4) is 0 Å². The molecule has 28 heavy (non-hydrogen) atoms. The van der Waals surface area contributed by atoms with Gasteiger partial charge >= 0.3 is 0 Å². The summed E-state index contributed by atoms with van der Waals surface area (Å²) in [4.78, 5) is 27.6. The average Bonchev–Trinajstić information content (AvgIpc) is 3.18. The van der Waals surface area contributed by atoms with E-state index < -0.39 is 0 Å². The molecule has 2 amide bonds. The molecule has 5 rings (SSSR count). The Labute approximate surface area is 160 Å². The van der Waals surface area contributed by atoms with Crippen LogP contribution in [0.4, 0.5) is 0 Å². The van der Waals surface area contributed by atoms with Crippen LogP contribution in [0, 0.1) is 13.8 Å². The number of aromatic hydroxyl groups is 1. The molecule has 5 heteroatoms. The van der Waals surface area contributed by atoms with Gasteiger partial charge in [0.05, 0.1) is 17.7 Å². The fraction of sp³-hybridized carbons (Fsp3) is 0.130. The first-order valence-corrected chi connectivity index (χ1v) is 9.06. The van der Waals surface area contributed by atoms with Gasteiger partial charge in [0.1, 0.15) is 16.9 Å². The fourth-order valence-corrected chi connectivity index (χ4v) is 4.14. The van der Waals surface area contributed by atoms with Crippen LogP contribution >= 0.6 is 0 Å². The van der Waals surface area contributed by atoms with Gasteiger partial charge in [-0.25, -0.2) is 0 Å². The number of hydrogen-bond donors (Lipinski definition) is 1. The second kappa shape index (κ2) is 5.70. The van der Waals surface area contributed by atoms with Crippen molar-refractivity contribution >= 4 is 33.8 Å². The Bertz CT molecular complexity index is 1300. The van der Waals surface area contributed by atoms with Gasteiger partial charge in [-0.2, -0.15) is 0 Å². The maximum Gasteiger partial charge on any atom is 0.262 e. The average molecular weight is 371 g/mol. The minimum atomic E-state index is -0.297. The molecule has 0 saturated heterocycles. The van der Waals surface area contributed by atoms with Gasteiger partial charge in [-0.15, -0.1) is 0 Å². The molecule has 0 aliphatic carbocycles. The lowest BCUT2D eigenvalue weighted by Crippen LogP contribution is -2.29. The molecular formula is C23H17NO4.